The van der Waals surface area contributed by atoms with Crippen LogP contribution in [0.1, 0.15) is 55.4 Å². The van der Waals surface area contributed by atoms with Crippen LogP contribution >= 0.6 is 0 Å². The molecule has 0 N–H and O–H groups in total. The normalized spacial score (nSPS) is 10.4. The number of hydrogen-bond acceptors (Lipinski definition) is 0. The zero-order chi connectivity index (χ0) is 11.7. The largest absolute Gasteiger partial charge is 1.00 e. The summed E-state index contributed by atoms with van der Waals surface area (Å²) in [5.74, 6) is 0. The minimum atomic E-state index is 0. The fourth-order valence-corrected chi connectivity index (χ4v) is 1.19. The summed E-state index contributed by atoms with van der Waals surface area (Å²) in [5.41, 5.74) is 0. The molecule has 88 valence electrons. The van der Waals surface area contributed by atoms with Crippen molar-refractivity contribution >= 4 is 0 Å². The fourth-order valence-electron chi connectivity index (χ4n) is 1.19. The van der Waals surface area contributed by atoms with Crippen molar-refractivity contribution in [3.05, 3.63) is 10.6 Å². The Hall–Kier alpha value is 0.517. The maximum atomic E-state index is 4.28. The van der Waals surface area contributed by atoms with Gasteiger partial charge in [-0.3, -0.25) is 0 Å². The summed E-state index contributed by atoms with van der Waals surface area (Å²) in [4.78, 5) is 0. The van der Waals surface area contributed by atoms with Crippen molar-refractivity contribution in [2.24, 2.45) is 0 Å². The molecule has 0 aliphatic carbocycles. The van der Waals surface area contributed by atoms with Gasteiger partial charge in [0.25, 0.3) is 0 Å². The minimum absolute atomic E-state index is 0. The van der Waals surface area contributed by atoms with Crippen molar-refractivity contribution in [3.8, 4) is 0 Å². The maximum absolute atomic E-state index is 4.28. The van der Waals surface area contributed by atoms with E-state index in [0.29, 0.717) is 24.2 Å². The van der Waals surface area contributed by atoms with Gasteiger partial charge in [0.05, 0.1) is 0 Å². The fraction of sp³-hybridized carbons (Fsp3) is 1.00. The summed E-state index contributed by atoms with van der Waals surface area (Å²) in [6, 6.07) is 2.00. The predicted molar refractivity (Wildman–Crippen MR) is 67.3 cm³/mol. The van der Waals surface area contributed by atoms with E-state index >= 15 is 0 Å². The number of rotatable bonds is 4. The second-order valence-electron chi connectivity index (χ2n) is 4.67. The van der Waals surface area contributed by atoms with Gasteiger partial charge in [0, 0.05) is 0 Å². The van der Waals surface area contributed by atoms with Gasteiger partial charge in [-0.05, 0) is 0 Å². The molecule has 0 fully saturated rings. The van der Waals surface area contributed by atoms with Gasteiger partial charge >= 0.3 is 18.9 Å². The third kappa shape index (κ3) is 31.4. The van der Waals surface area contributed by atoms with Gasteiger partial charge in [-0.2, -0.15) is 0 Å². The van der Waals surface area contributed by atoms with Crippen LogP contribution in [0.15, 0.2) is 0 Å². The molecule has 0 spiro atoms. The van der Waals surface area contributed by atoms with Gasteiger partial charge in [0.15, 0.2) is 0 Å². The Morgan fingerprint density at radius 1 is 0.467 bits per heavy atom. The van der Waals surface area contributed by atoms with Crippen LogP contribution in [0, 0.1) is 0 Å². The smallest absolute Gasteiger partial charge is 0.658 e. The second-order valence-corrected chi connectivity index (χ2v) is 4.67. The number of hydrogen-bond donors (Lipinski definition) is 0. The van der Waals surface area contributed by atoms with E-state index in [1.807, 2.05) is 0 Å². The van der Waals surface area contributed by atoms with Crippen LogP contribution in [0.3, 0.4) is 0 Å². The third-order valence-corrected chi connectivity index (χ3v) is 1.19. The molecule has 15 heavy (non-hydrogen) atoms. The predicted octanol–water partition coefficient (Wildman–Crippen LogP) is 1.36. The van der Waals surface area contributed by atoms with Crippen molar-refractivity contribution in [1.29, 1.82) is 0 Å². The summed E-state index contributed by atoms with van der Waals surface area (Å²) in [7, 11) is 0. The van der Waals surface area contributed by atoms with E-state index in [1.54, 1.807) is 0 Å². The van der Waals surface area contributed by atoms with Gasteiger partial charge in [-0.25, -0.2) is 0 Å². The third-order valence-electron chi connectivity index (χ3n) is 1.19. The van der Waals surface area contributed by atoms with Crippen LogP contribution in [0.5, 0.6) is 0 Å². The molecule has 0 saturated carbocycles. The molecule has 0 aromatic carbocycles. The minimum Gasteiger partial charge on any atom is -0.658 e. The van der Waals surface area contributed by atoms with Gasteiger partial charge in [-0.15, -0.1) is 24.2 Å². The standard InChI is InChI=1S/2C6H14N.Li/c2*1-5(2)7-6(3)4;/h2*5-6H,1-4H3;/q2*-1;+1. The van der Waals surface area contributed by atoms with E-state index in [9.17, 15) is 0 Å². The van der Waals surface area contributed by atoms with Crippen molar-refractivity contribution < 1.29 is 18.9 Å². The van der Waals surface area contributed by atoms with E-state index in [4.69, 9.17) is 0 Å². The summed E-state index contributed by atoms with van der Waals surface area (Å²) >= 11 is 0. The Balaban J connectivity index is -0.000000180. The van der Waals surface area contributed by atoms with E-state index < -0.39 is 0 Å². The van der Waals surface area contributed by atoms with Crippen molar-refractivity contribution in [1.82, 2.24) is 0 Å². The molecule has 0 radical (unpaired) electrons. The van der Waals surface area contributed by atoms with Gasteiger partial charge < -0.3 is 10.6 Å². The molecular weight excluding hydrogens is 179 g/mol. The Kier molecular flexibility index (Phi) is 17.5. The van der Waals surface area contributed by atoms with E-state index in [2.05, 4.69) is 66.0 Å². The Morgan fingerprint density at radius 2 is 0.600 bits per heavy atom. The Bertz CT molecular complexity index is 86.2. The molecule has 0 bridgehead atoms. The monoisotopic (exact) mass is 207 g/mol. The van der Waals surface area contributed by atoms with Gasteiger partial charge in [0.1, 0.15) is 0 Å². The molecule has 0 atom stereocenters. The van der Waals surface area contributed by atoms with Crippen LogP contribution in [0.4, 0.5) is 0 Å². The molecule has 0 amide bonds. The molecular formula is C12H28LiN2-. The zero-order valence-electron chi connectivity index (χ0n) is 12.2. The molecule has 3 heteroatoms. The molecule has 0 saturated heterocycles. The molecule has 0 rings (SSSR count). The molecule has 0 aliphatic heterocycles. The summed E-state index contributed by atoms with van der Waals surface area (Å²) in [6.45, 7) is 16.8. The van der Waals surface area contributed by atoms with Crippen molar-refractivity contribution in [2.45, 2.75) is 79.6 Å². The quantitative estimate of drug-likeness (QED) is 0.623. The van der Waals surface area contributed by atoms with Crippen LogP contribution in [-0.4, -0.2) is 24.2 Å². The Labute approximate surface area is 109 Å². The van der Waals surface area contributed by atoms with Gasteiger partial charge in [-0.1, -0.05) is 55.4 Å². The van der Waals surface area contributed by atoms with E-state index in [1.165, 1.54) is 0 Å². The summed E-state index contributed by atoms with van der Waals surface area (Å²) in [5, 5.41) is 8.56. The first-order valence-corrected chi connectivity index (χ1v) is 5.65. The Morgan fingerprint density at radius 3 is 0.600 bits per heavy atom. The van der Waals surface area contributed by atoms with Crippen LogP contribution in [0.25, 0.3) is 10.6 Å². The van der Waals surface area contributed by atoms with Crippen LogP contribution in [0.2, 0.25) is 0 Å². The molecule has 0 heterocycles. The molecule has 0 aromatic heterocycles. The first kappa shape index (κ1) is 20.9. The van der Waals surface area contributed by atoms with E-state index in [0.717, 1.165) is 0 Å². The molecule has 0 aliphatic rings. The average Bonchev–Trinajstić information content (AvgIpc) is 1.79. The first-order chi connectivity index (χ1) is 6.25. The molecule has 0 unspecified atom stereocenters. The zero-order valence-corrected chi connectivity index (χ0v) is 12.2. The maximum Gasteiger partial charge on any atom is 1.00 e. The topological polar surface area (TPSA) is 28.2 Å². The summed E-state index contributed by atoms with van der Waals surface area (Å²) in [6.07, 6.45) is 0. The first-order valence-electron chi connectivity index (χ1n) is 5.65. The molecule has 0 aromatic rings. The SMILES string of the molecule is CC(C)[N-]C(C)C.CC(C)[N-]C(C)C.[Li+]. The summed E-state index contributed by atoms with van der Waals surface area (Å²) < 4.78 is 0. The second kappa shape index (κ2) is 12.6. The van der Waals surface area contributed by atoms with Crippen molar-refractivity contribution in [3.63, 3.8) is 0 Å². The van der Waals surface area contributed by atoms with Gasteiger partial charge in [0.2, 0.25) is 0 Å². The van der Waals surface area contributed by atoms with Crippen molar-refractivity contribution in [2.75, 3.05) is 0 Å². The molecule has 2 nitrogen and oxygen atoms in total. The van der Waals surface area contributed by atoms with E-state index in [-0.39, 0.29) is 18.9 Å². The average molecular weight is 207 g/mol. The number of nitrogens with zero attached hydrogens (tertiary/aromatic N) is 2. The van der Waals surface area contributed by atoms with Crippen LogP contribution < -0.4 is 18.9 Å². The van der Waals surface area contributed by atoms with Crippen LogP contribution in [-0.2, 0) is 0 Å².